The Kier molecular flexibility index (Phi) is 2.57. The lowest BCUT2D eigenvalue weighted by atomic mass is 10.3. The van der Waals surface area contributed by atoms with Crippen molar-refractivity contribution < 1.29 is 9.21 Å². The van der Waals surface area contributed by atoms with Crippen LogP contribution in [0.15, 0.2) is 39.2 Å². The van der Waals surface area contributed by atoms with Crippen molar-refractivity contribution in [3.05, 3.63) is 40.6 Å². The van der Waals surface area contributed by atoms with Crippen LogP contribution in [0.1, 0.15) is 10.6 Å². The van der Waals surface area contributed by atoms with Crippen LogP contribution in [-0.4, -0.2) is 11.3 Å². The van der Waals surface area contributed by atoms with E-state index >= 15 is 0 Å². The van der Waals surface area contributed by atoms with Crippen LogP contribution in [0, 0.1) is 0 Å². The summed E-state index contributed by atoms with van der Waals surface area (Å²) in [7, 11) is 0. The summed E-state index contributed by atoms with van der Waals surface area (Å²) >= 11 is 4.96. The summed E-state index contributed by atoms with van der Waals surface area (Å²) in [6.07, 6.45) is 0.688. The topological polar surface area (TPSA) is 43.1 Å². The van der Waals surface area contributed by atoms with Crippen LogP contribution in [-0.2, 0) is 0 Å². The van der Waals surface area contributed by atoms with Crippen molar-refractivity contribution in [2.75, 3.05) is 0 Å². The van der Waals surface area contributed by atoms with Crippen molar-refractivity contribution in [2.24, 2.45) is 0 Å². The van der Waals surface area contributed by atoms with E-state index in [1.807, 2.05) is 18.2 Å². The first-order valence-electron chi connectivity index (χ1n) is 4.88. The highest BCUT2D eigenvalue weighted by molar-refractivity contribution is 9.10. The molecule has 2 aromatic heterocycles. The fourth-order valence-corrected chi connectivity index (χ4v) is 3.01. The molecule has 5 heteroatoms. The molecule has 0 amide bonds. The Bertz CT molecular complexity index is 701. The minimum atomic E-state index is 0.320. The predicted molar refractivity (Wildman–Crippen MR) is 70.4 cm³/mol. The lowest BCUT2D eigenvalue weighted by molar-refractivity contribution is 0.110. The highest BCUT2D eigenvalue weighted by Crippen LogP contribution is 2.32. The SMILES string of the molecule is O=Cc1ccc(-c2nc3ccc(Br)cc3s2)o1. The smallest absolute Gasteiger partial charge is 0.185 e. The summed E-state index contributed by atoms with van der Waals surface area (Å²) < 4.78 is 7.45. The fourth-order valence-electron chi connectivity index (χ4n) is 1.53. The zero-order chi connectivity index (χ0) is 11.8. The quantitative estimate of drug-likeness (QED) is 0.669. The normalized spacial score (nSPS) is 10.9. The number of fused-ring (bicyclic) bond motifs is 1. The molecule has 0 aliphatic rings. The third kappa shape index (κ3) is 1.92. The molecule has 0 spiro atoms. The van der Waals surface area contributed by atoms with E-state index in [1.165, 1.54) is 11.3 Å². The van der Waals surface area contributed by atoms with E-state index in [4.69, 9.17) is 4.42 Å². The van der Waals surface area contributed by atoms with Crippen LogP contribution in [0.5, 0.6) is 0 Å². The number of rotatable bonds is 2. The highest BCUT2D eigenvalue weighted by atomic mass is 79.9. The standard InChI is InChI=1S/C12H6BrNO2S/c13-7-1-3-9-11(5-7)17-12(14-9)10-4-2-8(6-15)16-10/h1-6H. The first-order valence-corrected chi connectivity index (χ1v) is 6.49. The van der Waals surface area contributed by atoms with Gasteiger partial charge in [-0.05, 0) is 30.3 Å². The number of nitrogens with zero attached hydrogens (tertiary/aromatic N) is 1. The van der Waals surface area contributed by atoms with E-state index < -0.39 is 0 Å². The number of furan rings is 1. The van der Waals surface area contributed by atoms with Crippen LogP contribution in [0.3, 0.4) is 0 Å². The molecule has 3 rings (SSSR count). The van der Waals surface area contributed by atoms with Gasteiger partial charge in [0.25, 0.3) is 0 Å². The molecule has 17 heavy (non-hydrogen) atoms. The Morgan fingerprint density at radius 2 is 2.18 bits per heavy atom. The maximum absolute atomic E-state index is 10.6. The second kappa shape index (κ2) is 4.09. The van der Waals surface area contributed by atoms with Gasteiger partial charge in [-0.15, -0.1) is 11.3 Å². The largest absolute Gasteiger partial charge is 0.451 e. The Morgan fingerprint density at radius 3 is 2.94 bits per heavy atom. The van der Waals surface area contributed by atoms with Gasteiger partial charge >= 0.3 is 0 Å². The molecule has 0 saturated carbocycles. The molecule has 0 fully saturated rings. The number of halogens is 1. The number of hydrogen-bond donors (Lipinski definition) is 0. The van der Waals surface area contributed by atoms with Gasteiger partial charge < -0.3 is 4.42 Å². The molecule has 0 aliphatic carbocycles. The number of aromatic nitrogens is 1. The number of benzene rings is 1. The summed E-state index contributed by atoms with van der Waals surface area (Å²) in [5.41, 5.74) is 0.928. The molecular formula is C12H6BrNO2S. The molecular weight excluding hydrogens is 302 g/mol. The van der Waals surface area contributed by atoms with Crippen molar-refractivity contribution in [1.29, 1.82) is 0 Å². The van der Waals surface area contributed by atoms with E-state index in [1.54, 1.807) is 12.1 Å². The number of carbonyl (C=O) groups excluding carboxylic acids is 1. The summed E-state index contributed by atoms with van der Waals surface area (Å²) in [6, 6.07) is 9.31. The average Bonchev–Trinajstić information content (AvgIpc) is 2.93. The number of aldehydes is 1. The predicted octanol–water partition coefficient (Wildman–Crippen LogP) is 4.13. The zero-order valence-electron chi connectivity index (χ0n) is 8.51. The molecule has 3 aromatic rings. The third-order valence-corrected chi connectivity index (χ3v) is 3.83. The van der Waals surface area contributed by atoms with Gasteiger partial charge in [0.2, 0.25) is 0 Å². The third-order valence-electron chi connectivity index (χ3n) is 2.30. The van der Waals surface area contributed by atoms with Crippen molar-refractivity contribution in [2.45, 2.75) is 0 Å². The first-order chi connectivity index (χ1) is 8.26. The number of carbonyl (C=O) groups is 1. The molecule has 0 aliphatic heterocycles. The van der Waals surface area contributed by atoms with E-state index in [2.05, 4.69) is 20.9 Å². The Labute approximate surface area is 109 Å². The monoisotopic (exact) mass is 307 g/mol. The summed E-state index contributed by atoms with van der Waals surface area (Å²) in [6.45, 7) is 0. The molecule has 0 bridgehead atoms. The molecule has 2 heterocycles. The number of thiazole rings is 1. The van der Waals surface area contributed by atoms with E-state index in [0.717, 1.165) is 19.7 Å². The summed E-state index contributed by atoms with van der Waals surface area (Å²) in [4.78, 5) is 15.0. The van der Waals surface area contributed by atoms with Gasteiger partial charge in [-0.3, -0.25) is 4.79 Å². The van der Waals surface area contributed by atoms with E-state index in [-0.39, 0.29) is 0 Å². The van der Waals surface area contributed by atoms with Crippen LogP contribution in [0.25, 0.3) is 21.0 Å². The van der Waals surface area contributed by atoms with Crippen LogP contribution in [0.4, 0.5) is 0 Å². The second-order valence-corrected chi connectivity index (χ2v) is 5.40. The van der Waals surface area contributed by atoms with E-state index in [0.29, 0.717) is 17.8 Å². The molecule has 0 N–H and O–H groups in total. The molecule has 0 unspecified atom stereocenters. The van der Waals surface area contributed by atoms with Crippen molar-refractivity contribution in [3.8, 4) is 10.8 Å². The van der Waals surface area contributed by atoms with Crippen molar-refractivity contribution >= 4 is 43.8 Å². The Balaban J connectivity index is 2.14. The van der Waals surface area contributed by atoms with Crippen LogP contribution < -0.4 is 0 Å². The average molecular weight is 308 g/mol. The number of hydrogen-bond acceptors (Lipinski definition) is 4. The molecule has 0 saturated heterocycles. The molecule has 0 radical (unpaired) electrons. The Hall–Kier alpha value is -1.46. The summed E-state index contributed by atoms with van der Waals surface area (Å²) in [5.74, 6) is 0.949. The van der Waals surface area contributed by atoms with Crippen molar-refractivity contribution in [3.63, 3.8) is 0 Å². The lowest BCUT2D eigenvalue weighted by Gasteiger charge is -1.86. The molecule has 84 valence electrons. The van der Waals surface area contributed by atoms with Crippen molar-refractivity contribution in [1.82, 2.24) is 4.98 Å². The van der Waals surface area contributed by atoms with Gasteiger partial charge in [0, 0.05) is 4.47 Å². The van der Waals surface area contributed by atoms with Gasteiger partial charge in [-0.1, -0.05) is 15.9 Å². The molecule has 1 aromatic carbocycles. The maximum Gasteiger partial charge on any atom is 0.185 e. The zero-order valence-corrected chi connectivity index (χ0v) is 10.9. The molecule has 0 atom stereocenters. The van der Waals surface area contributed by atoms with Gasteiger partial charge in [-0.2, -0.15) is 0 Å². The first kappa shape index (κ1) is 10.7. The van der Waals surface area contributed by atoms with E-state index in [9.17, 15) is 4.79 Å². The van der Waals surface area contributed by atoms with Gasteiger partial charge in [0.15, 0.2) is 22.8 Å². The Morgan fingerprint density at radius 1 is 1.29 bits per heavy atom. The van der Waals surface area contributed by atoms with Gasteiger partial charge in [0.05, 0.1) is 10.2 Å². The van der Waals surface area contributed by atoms with Crippen LogP contribution >= 0.6 is 27.3 Å². The second-order valence-electron chi connectivity index (χ2n) is 3.45. The highest BCUT2D eigenvalue weighted by Gasteiger charge is 2.10. The van der Waals surface area contributed by atoms with Gasteiger partial charge in [0.1, 0.15) is 0 Å². The minimum Gasteiger partial charge on any atom is -0.451 e. The minimum absolute atomic E-state index is 0.320. The van der Waals surface area contributed by atoms with Crippen LogP contribution in [0.2, 0.25) is 0 Å². The molecule has 3 nitrogen and oxygen atoms in total. The van der Waals surface area contributed by atoms with Gasteiger partial charge in [-0.25, -0.2) is 4.98 Å². The fraction of sp³-hybridized carbons (Fsp3) is 0. The lowest BCUT2D eigenvalue weighted by Crippen LogP contribution is -1.71. The maximum atomic E-state index is 10.6. The summed E-state index contributed by atoms with van der Waals surface area (Å²) in [5, 5.41) is 0.784.